The molecule has 1 rings (SSSR count). The summed E-state index contributed by atoms with van der Waals surface area (Å²) in [7, 11) is 0. The Kier molecular flexibility index (Phi) is 5.29. The minimum atomic E-state index is -0.848. The lowest BCUT2D eigenvalue weighted by molar-refractivity contribution is -0.119. The summed E-state index contributed by atoms with van der Waals surface area (Å²) in [6, 6.07) is 0.962. The van der Waals surface area contributed by atoms with Crippen molar-refractivity contribution in [2.45, 2.75) is 43.9 Å². The Hall–Kier alpha value is -1.63. The second kappa shape index (κ2) is 6.51. The Morgan fingerprint density at radius 1 is 1.32 bits per heavy atom. The molecule has 0 bridgehead atoms. The highest BCUT2D eigenvalue weighted by molar-refractivity contribution is 8.00. The van der Waals surface area contributed by atoms with E-state index < -0.39 is 17.2 Å². The molecule has 0 saturated carbocycles. The third kappa shape index (κ3) is 4.86. The monoisotopic (exact) mass is 282 g/mol. The van der Waals surface area contributed by atoms with Crippen LogP contribution in [0.15, 0.2) is 11.1 Å². The molecule has 0 fully saturated rings. The van der Waals surface area contributed by atoms with E-state index in [1.165, 1.54) is 11.8 Å². The zero-order valence-electron chi connectivity index (χ0n) is 11.4. The van der Waals surface area contributed by atoms with Gasteiger partial charge in [-0.2, -0.15) is 0 Å². The van der Waals surface area contributed by atoms with Crippen molar-refractivity contribution in [2.24, 2.45) is 5.73 Å². The first-order valence-electron chi connectivity index (χ1n) is 5.92. The molecule has 0 spiro atoms. The Bertz CT molecular complexity index is 491. The zero-order valence-corrected chi connectivity index (χ0v) is 12.2. The van der Waals surface area contributed by atoms with E-state index in [1.807, 2.05) is 26.8 Å². The molecule has 104 valence electrons. The van der Waals surface area contributed by atoms with E-state index in [4.69, 9.17) is 5.73 Å². The average Bonchev–Trinajstić information content (AvgIpc) is 2.26. The highest BCUT2D eigenvalue weighted by atomic mass is 32.2. The summed E-state index contributed by atoms with van der Waals surface area (Å²) in [6.45, 7) is 7.58. The van der Waals surface area contributed by atoms with Crippen molar-refractivity contribution < 1.29 is 9.59 Å². The molecule has 1 heterocycles. The smallest absolute Gasteiger partial charge is 0.318 e. The van der Waals surface area contributed by atoms with Crippen molar-refractivity contribution in [2.75, 3.05) is 0 Å². The van der Waals surface area contributed by atoms with Gasteiger partial charge in [0.15, 0.2) is 0 Å². The number of amides is 3. The number of aromatic nitrogens is 2. The van der Waals surface area contributed by atoms with Crippen molar-refractivity contribution in [3.05, 3.63) is 17.6 Å². The number of nitrogens with two attached hydrogens (primary N) is 1. The molecule has 1 atom stereocenters. The number of nitrogens with zero attached hydrogens (tertiary/aromatic N) is 2. The largest absolute Gasteiger partial charge is 0.351 e. The molecule has 7 heteroatoms. The lowest BCUT2D eigenvalue weighted by Gasteiger charge is -2.11. The van der Waals surface area contributed by atoms with Crippen LogP contribution in [-0.2, 0) is 4.79 Å². The maximum Gasteiger partial charge on any atom is 0.318 e. The van der Waals surface area contributed by atoms with E-state index >= 15 is 0 Å². The normalized spacial score (nSPS) is 12.3. The summed E-state index contributed by atoms with van der Waals surface area (Å²) < 4.78 is 0. The van der Waals surface area contributed by atoms with Crippen molar-refractivity contribution in [1.29, 1.82) is 0 Å². The molecule has 0 aliphatic heterocycles. The van der Waals surface area contributed by atoms with Gasteiger partial charge in [-0.3, -0.25) is 10.1 Å². The summed E-state index contributed by atoms with van der Waals surface area (Å²) in [5.41, 5.74) is 5.76. The fraction of sp³-hybridized carbons (Fsp3) is 0.500. The van der Waals surface area contributed by atoms with Gasteiger partial charge in [-0.05, 0) is 19.9 Å². The quantitative estimate of drug-likeness (QED) is 0.645. The molecule has 6 nitrogen and oxygen atoms in total. The van der Waals surface area contributed by atoms with Gasteiger partial charge in [0, 0.05) is 11.6 Å². The summed E-state index contributed by atoms with van der Waals surface area (Å²) in [5, 5.41) is 2.31. The summed E-state index contributed by atoms with van der Waals surface area (Å²) >= 11 is 1.27. The molecule has 3 N–H and O–H groups in total. The fourth-order valence-electron chi connectivity index (χ4n) is 1.34. The van der Waals surface area contributed by atoms with Gasteiger partial charge in [0.2, 0.25) is 5.91 Å². The number of urea groups is 1. The number of carbonyl (C=O) groups is 2. The second-order valence-electron chi connectivity index (χ2n) is 4.47. The summed E-state index contributed by atoms with van der Waals surface area (Å²) in [5.74, 6) is 0.527. The molecule has 0 radical (unpaired) electrons. The number of carbonyl (C=O) groups excluding carboxylic acids is 2. The number of imide groups is 1. The van der Waals surface area contributed by atoms with Crippen LogP contribution in [0.1, 0.15) is 38.2 Å². The van der Waals surface area contributed by atoms with Crippen molar-refractivity contribution in [3.63, 3.8) is 0 Å². The van der Waals surface area contributed by atoms with Crippen LogP contribution in [0.25, 0.3) is 0 Å². The number of thioether (sulfide) groups is 1. The van der Waals surface area contributed by atoms with E-state index in [2.05, 4.69) is 15.3 Å². The minimum absolute atomic E-state index is 0.217. The number of primary amides is 1. The van der Waals surface area contributed by atoms with Gasteiger partial charge in [-0.1, -0.05) is 25.6 Å². The molecule has 0 unspecified atom stereocenters. The Labute approximate surface area is 116 Å². The highest BCUT2D eigenvalue weighted by Crippen LogP contribution is 2.23. The molecule has 19 heavy (non-hydrogen) atoms. The standard InChI is InChI=1S/C12H18N4O2S/c1-6(2)10-14-7(3)5-9(15-10)19-8(4)11(17)16-12(13)18/h5-6,8H,1-4H3,(H3,13,16,17,18)/t8-/m1/s1. The average molecular weight is 282 g/mol. The van der Waals surface area contributed by atoms with Gasteiger partial charge < -0.3 is 5.73 Å². The second-order valence-corrected chi connectivity index (χ2v) is 5.84. The predicted octanol–water partition coefficient (Wildman–Crippen LogP) is 1.58. The van der Waals surface area contributed by atoms with Crippen molar-refractivity contribution in [1.82, 2.24) is 15.3 Å². The fourth-order valence-corrected chi connectivity index (χ4v) is 2.25. The molecule has 0 aromatic carbocycles. The Morgan fingerprint density at radius 3 is 2.47 bits per heavy atom. The molecule has 1 aromatic rings. The first-order chi connectivity index (χ1) is 8.79. The van der Waals surface area contributed by atoms with E-state index in [-0.39, 0.29) is 5.92 Å². The minimum Gasteiger partial charge on any atom is -0.351 e. The lowest BCUT2D eigenvalue weighted by Crippen LogP contribution is -2.39. The number of hydrogen-bond donors (Lipinski definition) is 2. The van der Waals surface area contributed by atoms with Crippen LogP contribution in [0.2, 0.25) is 0 Å². The maximum atomic E-state index is 11.6. The SMILES string of the molecule is Cc1cc(S[C@H](C)C(=O)NC(N)=O)nc(C(C)C)n1. The lowest BCUT2D eigenvalue weighted by atomic mass is 10.2. The highest BCUT2D eigenvalue weighted by Gasteiger charge is 2.17. The van der Waals surface area contributed by atoms with Crippen LogP contribution in [0, 0.1) is 6.92 Å². The Balaban J connectivity index is 2.81. The number of hydrogen-bond acceptors (Lipinski definition) is 5. The first-order valence-corrected chi connectivity index (χ1v) is 6.80. The van der Waals surface area contributed by atoms with Crippen LogP contribution < -0.4 is 11.1 Å². The van der Waals surface area contributed by atoms with Gasteiger partial charge in [-0.25, -0.2) is 14.8 Å². The molecule has 0 aliphatic rings. The molecule has 0 aliphatic carbocycles. The number of rotatable bonds is 4. The maximum absolute atomic E-state index is 11.6. The van der Waals surface area contributed by atoms with Crippen LogP contribution in [0.4, 0.5) is 4.79 Å². The van der Waals surface area contributed by atoms with Crippen LogP contribution in [0.3, 0.4) is 0 Å². The molecule has 3 amide bonds. The summed E-state index contributed by atoms with van der Waals surface area (Å²) in [6.07, 6.45) is 0. The predicted molar refractivity (Wildman–Crippen MR) is 73.9 cm³/mol. The van der Waals surface area contributed by atoms with E-state index in [0.29, 0.717) is 5.03 Å². The number of aryl methyl sites for hydroxylation is 1. The molecule has 0 saturated heterocycles. The summed E-state index contributed by atoms with van der Waals surface area (Å²) in [4.78, 5) is 30.9. The third-order valence-electron chi connectivity index (χ3n) is 2.28. The van der Waals surface area contributed by atoms with Crippen LogP contribution in [-0.4, -0.2) is 27.2 Å². The number of nitrogens with one attached hydrogen (secondary N) is 1. The van der Waals surface area contributed by atoms with Crippen LogP contribution in [0.5, 0.6) is 0 Å². The molecular formula is C12H18N4O2S. The Morgan fingerprint density at radius 2 is 1.95 bits per heavy atom. The first kappa shape index (κ1) is 15.4. The van der Waals surface area contributed by atoms with Crippen LogP contribution >= 0.6 is 11.8 Å². The van der Waals surface area contributed by atoms with E-state index in [9.17, 15) is 9.59 Å². The third-order valence-corrected chi connectivity index (χ3v) is 3.30. The van der Waals surface area contributed by atoms with E-state index in [0.717, 1.165) is 11.5 Å². The van der Waals surface area contributed by atoms with Gasteiger partial charge in [0.1, 0.15) is 10.9 Å². The zero-order chi connectivity index (χ0) is 14.6. The molecule has 1 aromatic heterocycles. The van der Waals surface area contributed by atoms with Gasteiger partial charge in [0.25, 0.3) is 0 Å². The van der Waals surface area contributed by atoms with Gasteiger partial charge in [-0.15, -0.1) is 0 Å². The van der Waals surface area contributed by atoms with Crippen molar-refractivity contribution in [3.8, 4) is 0 Å². The van der Waals surface area contributed by atoms with Gasteiger partial charge >= 0.3 is 6.03 Å². The van der Waals surface area contributed by atoms with Gasteiger partial charge in [0.05, 0.1) is 5.25 Å². The molecular weight excluding hydrogens is 264 g/mol. The topological polar surface area (TPSA) is 98.0 Å². The van der Waals surface area contributed by atoms with E-state index in [1.54, 1.807) is 6.92 Å². The van der Waals surface area contributed by atoms with Crippen molar-refractivity contribution >= 4 is 23.7 Å².